The van der Waals surface area contributed by atoms with E-state index in [1.165, 1.54) is 0 Å². The first kappa shape index (κ1) is 39.5. The van der Waals surface area contributed by atoms with Crippen molar-refractivity contribution in [3.05, 3.63) is 120 Å². The third kappa shape index (κ3) is 8.33. The Bertz CT molecular complexity index is 1620. The van der Waals surface area contributed by atoms with Crippen LogP contribution in [-0.2, 0) is 60.0 Å². The van der Waals surface area contributed by atoms with Gasteiger partial charge in [0.25, 0.3) is 0 Å². The molecule has 0 radical (unpaired) electrons. The number of benzene rings is 3. The fourth-order valence-electron chi connectivity index (χ4n) is 8.23. The molecule has 4 heterocycles. The quantitative estimate of drug-likeness (QED) is 0.135. The first-order valence-electron chi connectivity index (χ1n) is 19.1. The summed E-state index contributed by atoms with van der Waals surface area (Å²) in [5, 5.41) is -0.469. The highest BCUT2D eigenvalue weighted by atomic mass is 28.4. The van der Waals surface area contributed by atoms with Gasteiger partial charge in [0.1, 0.15) is 42.7 Å². The minimum Gasteiger partial charge on any atom is -0.391 e. The molecule has 0 saturated carbocycles. The van der Waals surface area contributed by atoms with E-state index in [2.05, 4.69) is 60.3 Å². The summed E-state index contributed by atoms with van der Waals surface area (Å²) < 4.78 is 67.5. The van der Waals surface area contributed by atoms with Crippen LogP contribution in [0.2, 0.25) is 10.1 Å². The van der Waals surface area contributed by atoms with Crippen LogP contribution in [0.4, 0.5) is 0 Å². The average molecular weight is 761 g/mol. The van der Waals surface area contributed by atoms with Gasteiger partial charge in [0, 0.05) is 15.6 Å². The third-order valence-electron chi connectivity index (χ3n) is 10.6. The molecule has 4 aliphatic heterocycles. The summed E-state index contributed by atoms with van der Waals surface area (Å²) in [5.74, 6) is 0. The summed E-state index contributed by atoms with van der Waals surface area (Å²) in [7, 11) is -2.90. The largest absolute Gasteiger partial charge is 0.391 e. The van der Waals surface area contributed by atoms with Crippen LogP contribution in [0.15, 0.2) is 104 Å². The van der Waals surface area contributed by atoms with Crippen molar-refractivity contribution in [1.82, 2.24) is 0 Å². The Morgan fingerprint density at radius 2 is 1.20 bits per heavy atom. The van der Waals surface area contributed by atoms with Crippen molar-refractivity contribution >= 4 is 8.56 Å². The molecule has 7 rings (SSSR count). The number of rotatable bonds is 12. The standard InChI is InChI=1S/C43H56O10Si/c1-8-24-44-40-38(46-26-30-20-14-10-15-21-30)36(34-32(49-40)27-47-39(51-34)31-22-16-11-17-23-31)52-41-37(45-25-29-18-12-9-13-19-29)35-33(50-41)28-48-54(53-35,42(2,3)4)43(5,6)7/h8-23,32-41H,1,24-28H2,2-7H3/t32-,33+,34-,35+,36+,37-,38-,39?,40-,41+/m1/s1. The summed E-state index contributed by atoms with van der Waals surface area (Å²) in [5.41, 5.74) is 2.93. The number of fused-ring (bicyclic) bond motifs is 2. The van der Waals surface area contributed by atoms with Gasteiger partial charge in [-0.15, -0.1) is 6.58 Å². The Morgan fingerprint density at radius 3 is 1.80 bits per heavy atom. The van der Waals surface area contributed by atoms with E-state index in [1.54, 1.807) is 6.08 Å². The summed E-state index contributed by atoms with van der Waals surface area (Å²) in [4.78, 5) is 0. The zero-order valence-corrected chi connectivity index (χ0v) is 33.3. The fraction of sp³-hybridized carbons (Fsp3) is 0.535. The monoisotopic (exact) mass is 760 g/mol. The van der Waals surface area contributed by atoms with Crippen LogP contribution in [0.3, 0.4) is 0 Å². The number of hydrogen-bond donors (Lipinski definition) is 0. The van der Waals surface area contributed by atoms with Gasteiger partial charge in [-0.1, -0.05) is 139 Å². The predicted octanol–water partition coefficient (Wildman–Crippen LogP) is 7.77. The van der Waals surface area contributed by atoms with Gasteiger partial charge in [0.05, 0.1) is 33.0 Å². The highest BCUT2D eigenvalue weighted by molar-refractivity contribution is 6.73. The molecule has 0 aliphatic carbocycles. The highest BCUT2D eigenvalue weighted by Crippen LogP contribution is 2.56. The molecule has 1 unspecified atom stereocenters. The van der Waals surface area contributed by atoms with Crippen molar-refractivity contribution < 1.29 is 46.7 Å². The smallest absolute Gasteiger partial charge is 0.349 e. The second-order valence-corrected chi connectivity index (χ2v) is 21.3. The maximum Gasteiger partial charge on any atom is 0.349 e. The molecule has 54 heavy (non-hydrogen) atoms. The Labute approximate surface area is 321 Å². The normalized spacial score (nSPS) is 32.4. The van der Waals surface area contributed by atoms with Crippen LogP contribution in [-0.4, -0.2) is 83.7 Å². The topological polar surface area (TPSA) is 92.3 Å². The summed E-state index contributed by atoms with van der Waals surface area (Å²) in [6, 6.07) is 30.0. The minimum absolute atomic E-state index is 0.235. The van der Waals surface area contributed by atoms with E-state index >= 15 is 0 Å². The summed E-state index contributed by atoms with van der Waals surface area (Å²) in [6.45, 7) is 18.6. The molecule has 11 heteroatoms. The molecule has 3 aromatic rings. The number of hydrogen-bond acceptors (Lipinski definition) is 10. The molecule has 0 amide bonds. The third-order valence-corrected chi connectivity index (χ3v) is 15.7. The molecule has 10 nitrogen and oxygen atoms in total. The predicted molar refractivity (Wildman–Crippen MR) is 204 cm³/mol. The van der Waals surface area contributed by atoms with Crippen LogP contribution in [0, 0.1) is 0 Å². The number of ether oxygens (including phenoxy) is 8. The molecule has 0 N–H and O–H groups in total. The van der Waals surface area contributed by atoms with Crippen LogP contribution < -0.4 is 0 Å². The lowest BCUT2D eigenvalue weighted by Gasteiger charge is -2.53. The molecule has 4 fully saturated rings. The first-order valence-corrected chi connectivity index (χ1v) is 20.9. The molecule has 292 valence electrons. The zero-order chi connectivity index (χ0) is 37.9. The van der Waals surface area contributed by atoms with Gasteiger partial charge >= 0.3 is 8.56 Å². The van der Waals surface area contributed by atoms with E-state index in [9.17, 15) is 0 Å². The van der Waals surface area contributed by atoms with Gasteiger partial charge in [0.2, 0.25) is 0 Å². The fourth-order valence-corrected chi connectivity index (χ4v) is 13.2. The van der Waals surface area contributed by atoms with E-state index in [-0.39, 0.29) is 23.3 Å². The Morgan fingerprint density at radius 1 is 0.648 bits per heavy atom. The van der Waals surface area contributed by atoms with Crippen molar-refractivity contribution in [1.29, 1.82) is 0 Å². The highest BCUT2D eigenvalue weighted by Gasteiger charge is 2.66. The Hall–Kier alpha value is -2.78. The SMILES string of the molecule is C=CCO[C@@H]1O[C@@H]2COC(c3ccccc3)O[C@H]2[C@H](O[C@@H]2O[C@H]3CO[Si](C(C)(C)C)(C(C)(C)C)O[C@@H]3[C@H]2OCc2ccccc2)[C@H]1OCc1ccccc1. The zero-order valence-electron chi connectivity index (χ0n) is 32.3. The van der Waals surface area contributed by atoms with Gasteiger partial charge in [-0.2, -0.15) is 0 Å². The molecule has 10 atom stereocenters. The van der Waals surface area contributed by atoms with Crippen LogP contribution in [0.5, 0.6) is 0 Å². The lowest BCUT2D eigenvalue weighted by atomic mass is 9.97. The summed E-state index contributed by atoms with van der Waals surface area (Å²) in [6.07, 6.45) is -4.63. The minimum atomic E-state index is -2.90. The van der Waals surface area contributed by atoms with Crippen molar-refractivity contribution in [2.75, 3.05) is 19.8 Å². The Kier molecular flexibility index (Phi) is 12.2. The lowest BCUT2D eigenvalue weighted by Crippen LogP contribution is -2.66. The molecule has 4 saturated heterocycles. The maximum absolute atomic E-state index is 7.28. The summed E-state index contributed by atoms with van der Waals surface area (Å²) >= 11 is 0. The second-order valence-electron chi connectivity index (χ2n) is 16.5. The van der Waals surface area contributed by atoms with E-state index in [0.29, 0.717) is 19.8 Å². The van der Waals surface area contributed by atoms with Crippen molar-refractivity contribution in [3.63, 3.8) is 0 Å². The average Bonchev–Trinajstić information content (AvgIpc) is 3.51. The van der Waals surface area contributed by atoms with E-state index in [1.807, 2.05) is 78.9 Å². The molecular formula is C43H56O10Si. The van der Waals surface area contributed by atoms with E-state index in [0.717, 1.165) is 16.7 Å². The molecular weight excluding hydrogens is 705 g/mol. The molecule has 0 bridgehead atoms. The van der Waals surface area contributed by atoms with E-state index in [4.69, 9.17) is 46.7 Å². The van der Waals surface area contributed by atoms with Gasteiger partial charge < -0.3 is 46.7 Å². The van der Waals surface area contributed by atoms with Gasteiger partial charge in [-0.3, -0.25) is 0 Å². The van der Waals surface area contributed by atoms with Crippen molar-refractivity contribution in [2.24, 2.45) is 0 Å². The van der Waals surface area contributed by atoms with Crippen LogP contribution in [0.25, 0.3) is 0 Å². The van der Waals surface area contributed by atoms with Crippen molar-refractivity contribution in [3.8, 4) is 0 Å². The molecule has 3 aromatic carbocycles. The van der Waals surface area contributed by atoms with Gasteiger partial charge in [0.15, 0.2) is 18.9 Å². The lowest BCUT2D eigenvalue weighted by molar-refractivity contribution is -0.383. The van der Waals surface area contributed by atoms with Gasteiger partial charge in [-0.25, -0.2) is 0 Å². The Balaban J connectivity index is 1.24. The second kappa shape index (κ2) is 16.8. The first-order chi connectivity index (χ1) is 26.0. The van der Waals surface area contributed by atoms with E-state index < -0.39 is 70.2 Å². The van der Waals surface area contributed by atoms with Crippen LogP contribution >= 0.6 is 0 Å². The van der Waals surface area contributed by atoms with Crippen molar-refractivity contribution in [2.45, 2.75) is 126 Å². The van der Waals surface area contributed by atoms with Gasteiger partial charge in [-0.05, 0) is 11.1 Å². The maximum atomic E-state index is 7.28. The molecule has 4 aliphatic rings. The van der Waals surface area contributed by atoms with Crippen LogP contribution in [0.1, 0.15) is 64.5 Å². The molecule has 0 aromatic heterocycles. The molecule has 0 spiro atoms.